The fourth-order valence-electron chi connectivity index (χ4n) is 2.73. The number of anilines is 1. The van der Waals surface area contributed by atoms with E-state index in [1.807, 2.05) is 11.8 Å². The number of thiazole rings is 1. The molecule has 0 aliphatic carbocycles. The lowest BCUT2D eigenvalue weighted by molar-refractivity contribution is 0.0673. The molecule has 1 atom stereocenters. The van der Waals surface area contributed by atoms with E-state index in [1.165, 1.54) is 11.3 Å². The van der Waals surface area contributed by atoms with E-state index in [9.17, 15) is 14.7 Å². The van der Waals surface area contributed by atoms with Gasteiger partial charge in [-0.1, -0.05) is 0 Å². The van der Waals surface area contributed by atoms with Crippen molar-refractivity contribution in [3.8, 4) is 0 Å². The average molecular weight is 349 g/mol. The molecule has 0 unspecified atom stereocenters. The molecule has 1 aliphatic heterocycles. The number of aliphatic hydroxyl groups is 1. The summed E-state index contributed by atoms with van der Waals surface area (Å²) >= 11 is 1.30. The Labute approximate surface area is 142 Å². The van der Waals surface area contributed by atoms with Crippen LogP contribution in [0.3, 0.4) is 0 Å². The Bertz CT molecular complexity index is 756. The van der Waals surface area contributed by atoms with Crippen molar-refractivity contribution in [2.24, 2.45) is 5.73 Å². The molecule has 0 saturated carbocycles. The molecule has 2 aromatic rings. The number of hydrogen-bond donors (Lipinski definition) is 3. The highest BCUT2D eigenvalue weighted by Gasteiger charge is 2.27. The zero-order valence-electron chi connectivity index (χ0n) is 13.2. The fraction of sp³-hybridized carbons (Fsp3) is 0.400. The Morgan fingerprint density at radius 1 is 1.42 bits per heavy atom. The van der Waals surface area contributed by atoms with Gasteiger partial charge in [0.15, 0.2) is 5.13 Å². The van der Waals surface area contributed by atoms with E-state index in [4.69, 9.17) is 5.73 Å². The van der Waals surface area contributed by atoms with Gasteiger partial charge < -0.3 is 25.6 Å². The highest BCUT2D eigenvalue weighted by atomic mass is 32.1. The van der Waals surface area contributed by atoms with E-state index in [0.29, 0.717) is 30.3 Å². The second-order valence-corrected chi connectivity index (χ2v) is 6.58. The topological polar surface area (TPSA) is 116 Å². The summed E-state index contributed by atoms with van der Waals surface area (Å²) in [5.74, 6) is -0.681. The highest BCUT2D eigenvalue weighted by molar-refractivity contribution is 7.13. The molecule has 2 amide bonds. The number of H-pyrrole nitrogens is 1. The first-order valence-corrected chi connectivity index (χ1v) is 8.45. The lowest BCUT2D eigenvalue weighted by Crippen LogP contribution is -2.37. The second kappa shape index (κ2) is 6.62. The number of nitrogens with two attached hydrogens (primary N) is 1. The van der Waals surface area contributed by atoms with Crippen molar-refractivity contribution in [1.29, 1.82) is 0 Å². The SMILES string of the molecule is Cc1[nH]ccc1C(=O)N1CCN(c2nc(C(N)=O)cs2)C[C@H](O)C1. The smallest absolute Gasteiger partial charge is 0.268 e. The van der Waals surface area contributed by atoms with Crippen molar-refractivity contribution in [2.45, 2.75) is 13.0 Å². The minimum absolute atomic E-state index is 0.105. The molecule has 1 saturated heterocycles. The standard InChI is InChI=1S/C15H19N5O3S/c1-9-11(2-3-17-9)14(23)19-4-5-20(7-10(21)6-19)15-18-12(8-24-15)13(16)22/h2-3,8,10,17,21H,4-7H2,1H3,(H2,16,22)/t10-/m1/s1. The molecule has 3 heterocycles. The third kappa shape index (κ3) is 3.26. The maximum atomic E-state index is 12.6. The Morgan fingerprint density at radius 3 is 2.83 bits per heavy atom. The number of aromatic amines is 1. The second-order valence-electron chi connectivity index (χ2n) is 5.75. The van der Waals surface area contributed by atoms with Gasteiger partial charge >= 0.3 is 0 Å². The number of hydrogen-bond acceptors (Lipinski definition) is 6. The summed E-state index contributed by atoms with van der Waals surface area (Å²) in [6.07, 6.45) is 1.03. The summed E-state index contributed by atoms with van der Waals surface area (Å²) < 4.78 is 0. The Balaban J connectivity index is 1.74. The largest absolute Gasteiger partial charge is 0.389 e. The molecule has 0 bridgehead atoms. The third-order valence-corrected chi connectivity index (χ3v) is 4.89. The van der Waals surface area contributed by atoms with Crippen molar-refractivity contribution in [2.75, 3.05) is 31.1 Å². The molecular formula is C15H19N5O3S. The van der Waals surface area contributed by atoms with Crippen LogP contribution in [0.15, 0.2) is 17.6 Å². The van der Waals surface area contributed by atoms with Crippen LogP contribution in [0.2, 0.25) is 0 Å². The summed E-state index contributed by atoms with van der Waals surface area (Å²) in [4.78, 5) is 34.5. The lowest BCUT2D eigenvalue weighted by Gasteiger charge is -2.21. The summed E-state index contributed by atoms with van der Waals surface area (Å²) in [7, 11) is 0. The number of amides is 2. The first-order valence-electron chi connectivity index (χ1n) is 7.57. The van der Waals surface area contributed by atoms with Crippen LogP contribution in [0, 0.1) is 6.92 Å². The van der Waals surface area contributed by atoms with Gasteiger partial charge in [-0.3, -0.25) is 9.59 Å². The van der Waals surface area contributed by atoms with Gasteiger partial charge in [-0.25, -0.2) is 4.98 Å². The molecule has 2 aromatic heterocycles. The molecule has 9 heteroatoms. The molecule has 3 rings (SSSR count). The van der Waals surface area contributed by atoms with Crippen molar-refractivity contribution in [3.05, 3.63) is 34.6 Å². The first-order chi connectivity index (χ1) is 11.5. The number of primary amides is 1. The van der Waals surface area contributed by atoms with Gasteiger partial charge in [-0.05, 0) is 13.0 Å². The van der Waals surface area contributed by atoms with Gasteiger partial charge in [0.1, 0.15) is 5.69 Å². The van der Waals surface area contributed by atoms with E-state index < -0.39 is 12.0 Å². The summed E-state index contributed by atoms with van der Waals surface area (Å²) in [5, 5.41) is 12.5. The maximum absolute atomic E-state index is 12.6. The fourth-order valence-corrected chi connectivity index (χ4v) is 3.58. The zero-order chi connectivity index (χ0) is 17.3. The van der Waals surface area contributed by atoms with Crippen LogP contribution in [0.25, 0.3) is 0 Å². The van der Waals surface area contributed by atoms with Gasteiger partial charge in [-0.2, -0.15) is 0 Å². The normalized spacial score (nSPS) is 18.5. The van der Waals surface area contributed by atoms with Crippen molar-refractivity contribution in [1.82, 2.24) is 14.9 Å². The Morgan fingerprint density at radius 2 is 2.21 bits per heavy atom. The zero-order valence-corrected chi connectivity index (χ0v) is 14.0. The quantitative estimate of drug-likeness (QED) is 0.732. The Hall–Kier alpha value is -2.39. The Kier molecular flexibility index (Phi) is 4.54. The van der Waals surface area contributed by atoms with Crippen LogP contribution in [-0.2, 0) is 0 Å². The van der Waals surface area contributed by atoms with Crippen molar-refractivity contribution in [3.63, 3.8) is 0 Å². The van der Waals surface area contributed by atoms with Gasteiger partial charge in [0.2, 0.25) is 0 Å². The molecule has 0 aromatic carbocycles. The average Bonchev–Trinajstić information content (AvgIpc) is 3.14. The molecule has 1 fully saturated rings. The molecule has 4 N–H and O–H groups in total. The summed E-state index contributed by atoms with van der Waals surface area (Å²) in [6.45, 7) is 3.44. The molecular weight excluding hydrogens is 330 g/mol. The van der Waals surface area contributed by atoms with Crippen LogP contribution in [0.4, 0.5) is 5.13 Å². The van der Waals surface area contributed by atoms with Crippen molar-refractivity contribution < 1.29 is 14.7 Å². The predicted octanol–water partition coefficient (Wildman–Crippen LogP) is 0.202. The van der Waals surface area contributed by atoms with Crippen molar-refractivity contribution >= 4 is 28.3 Å². The molecule has 8 nitrogen and oxygen atoms in total. The van der Waals surface area contributed by atoms with Gasteiger partial charge in [0, 0.05) is 43.4 Å². The number of carbonyl (C=O) groups excluding carboxylic acids is 2. The monoisotopic (exact) mass is 349 g/mol. The van der Waals surface area contributed by atoms with Crippen LogP contribution in [0.1, 0.15) is 26.5 Å². The number of rotatable bonds is 3. The van der Waals surface area contributed by atoms with Crippen LogP contribution >= 0.6 is 11.3 Å². The lowest BCUT2D eigenvalue weighted by atomic mass is 10.2. The van der Waals surface area contributed by atoms with E-state index in [-0.39, 0.29) is 18.1 Å². The summed E-state index contributed by atoms with van der Waals surface area (Å²) in [5.41, 5.74) is 6.86. The number of nitrogens with zero attached hydrogens (tertiary/aromatic N) is 3. The van der Waals surface area contributed by atoms with E-state index in [1.54, 1.807) is 22.5 Å². The third-order valence-electron chi connectivity index (χ3n) is 3.99. The maximum Gasteiger partial charge on any atom is 0.268 e. The van der Waals surface area contributed by atoms with Gasteiger partial charge in [0.05, 0.1) is 11.7 Å². The molecule has 0 spiro atoms. The highest BCUT2D eigenvalue weighted by Crippen LogP contribution is 2.22. The summed E-state index contributed by atoms with van der Waals surface area (Å²) in [6, 6.07) is 1.74. The number of aliphatic hydroxyl groups excluding tert-OH is 1. The van der Waals surface area contributed by atoms with Crippen LogP contribution in [-0.4, -0.2) is 64.1 Å². The molecule has 0 radical (unpaired) electrons. The van der Waals surface area contributed by atoms with E-state index in [2.05, 4.69) is 9.97 Å². The number of carbonyl (C=O) groups is 2. The molecule has 128 valence electrons. The van der Waals surface area contributed by atoms with E-state index >= 15 is 0 Å². The van der Waals surface area contributed by atoms with Gasteiger partial charge in [-0.15, -0.1) is 11.3 Å². The number of nitrogens with one attached hydrogen (secondary N) is 1. The first kappa shape index (κ1) is 16.5. The van der Waals surface area contributed by atoms with Crippen LogP contribution in [0.5, 0.6) is 0 Å². The minimum Gasteiger partial charge on any atom is -0.389 e. The molecule has 1 aliphatic rings. The number of aromatic nitrogens is 2. The number of β-amino-alcohol motifs (C(OH)–C–C–N with tert-alkyl or cyclic N) is 1. The predicted molar refractivity (Wildman–Crippen MR) is 90.3 cm³/mol. The van der Waals surface area contributed by atoms with E-state index in [0.717, 1.165) is 5.69 Å². The number of aryl methyl sites for hydroxylation is 1. The molecule has 24 heavy (non-hydrogen) atoms. The van der Waals surface area contributed by atoms with Gasteiger partial charge in [0.25, 0.3) is 11.8 Å². The van der Waals surface area contributed by atoms with Crippen LogP contribution < -0.4 is 10.6 Å². The minimum atomic E-state index is -0.698.